The van der Waals surface area contributed by atoms with Crippen molar-refractivity contribution in [2.75, 3.05) is 16.8 Å². The van der Waals surface area contributed by atoms with Gasteiger partial charge >= 0.3 is 18.1 Å². The van der Waals surface area contributed by atoms with Crippen LogP contribution < -0.4 is 10.2 Å². The molecule has 6 nitrogen and oxygen atoms in total. The molecule has 0 fully saturated rings. The number of carboxylic acid groups (broad SMARTS) is 1. The molecule has 1 aliphatic heterocycles. The number of carbonyl (C=O) groups is 3. The van der Waals surface area contributed by atoms with Gasteiger partial charge in [0, 0.05) is 0 Å². The predicted molar refractivity (Wildman–Crippen MR) is 60.4 cm³/mol. The average Bonchev–Trinajstić information content (AvgIpc) is 2.35. The van der Waals surface area contributed by atoms with Crippen molar-refractivity contribution in [1.29, 1.82) is 0 Å². The summed E-state index contributed by atoms with van der Waals surface area (Å²) in [6.45, 7) is -0.825. The molecule has 0 aromatic heterocycles. The first-order chi connectivity index (χ1) is 9.20. The van der Waals surface area contributed by atoms with Crippen molar-refractivity contribution in [3.8, 4) is 0 Å². The molecule has 2 amide bonds. The third-order valence-corrected chi connectivity index (χ3v) is 2.60. The van der Waals surface area contributed by atoms with E-state index in [1.165, 1.54) is 0 Å². The quantitative estimate of drug-likeness (QED) is 0.813. The average molecular weight is 288 g/mol. The molecule has 20 heavy (non-hydrogen) atoms. The lowest BCUT2D eigenvalue weighted by molar-refractivity contribution is -0.170. The summed E-state index contributed by atoms with van der Waals surface area (Å²) in [5.74, 6) is -4.38. The fourth-order valence-electron chi connectivity index (χ4n) is 1.75. The van der Waals surface area contributed by atoms with Crippen LogP contribution in [0.2, 0.25) is 0 Å². The number of alkyl halides is 3. The van der Waals surface area contributed by atoms with Gasteiger partial charge in [-0.3, -0.25) is 14.5 Å². The fraction of sp³-hybridized carbons (Fsp3) is 0.182. The maximum Gasteiger partial charge on any atom is 0.471 e. The van der Waals surface area contributed by atoms with E-state index in [2.05, 4.69) is 5.32 Å². The Labute approximate surface area is 109 Å². The van der Waals surface area contributed by atoms with Gasteiger partial charge in [0.25, 0.3) is 0 Å². The van der Waals surface area contributed by atoms with Crippen molar-refractivity contribution in [2.45, 2.75) is 6.18 Å². The largest absolute Gasteiger partial charge is 0.478 e. The molecule has 0 aliphatic carbocycles. The third kappa shape index (κ3) is 2.42. The highest BCUT2D eigenvalue weighted by molar-refractivity contribution is 6.12. The first kappa shape index (κ1) is 13.8. The number of anilines is 2. The Bertz CT molecular complexity index is 612. The molecule has 0 saturated heterocycles. The molecule has 2 rings (SSSR count). The van der Waals surface area contributed by atoms with Gasteiger partial charge < -0.3 is 10.4 Å². The van der Waals surface area contributed by atoms with Crippen molar-refractivity contribution < 1.29 is 32.7 Å². The van der Waals surface area contributed by atoms with E-state index in [-0.39, 0.29) is 21.8 Å². The molecule has 0 unspecified atom stereocenters. The molecule has 2 N–H and O–H groups in total. The summed E-state index contributed by atoms with van der Waals surface area (Å²) in [5, 5.41) is 11.1. The number of amides is 2. The van der Waals surface area contributed by atoms with E-state index >= 15 is 0 Å². The SMILES string of the molecule is O=C1CN(C(=O)C(F)(F)F)c2cc(C(=O)O)ccc2N1. The van der Waals surface area contributed by atoms with Crippen molar-refractivity contribution in [3.05, 3.63) is 23.8 Å². The minimum atomic E-state index is -5.16. The Morgan fingerprint density at radius 1 is 1.30 bits per heavy atom. The second-order valence-corrected chi connectivity index (χ2v) is 3.97. The van der Waals surface area contributed by atoms with E-state index in [9.17, 15) is 27.6 Å². The van der Waals surface area contributed by atoms with Crippen molar-refractivity contribution >= 4 is 29.2 Å². The van der Waals surface area contributed by atoms with Crippen LogP contribution >= 0.6 is 0 Å². The monoisotopic (exact) mass is 288 g/mol. The molecule has 0 radical (unpaired) electrons. The zero-order valence-corrected chi connectivity index (χ0v) is 9.69. The van der Waals surface area contributed by atoms with Crippen molar-refractivity contribution in [2.24, 2.45) is 0 Å². The van der Waals surface area contributed by atoms with E-state index in [0.29, 0.717) is 0 Å². The summed E-state index contributed by atoms with van der Waals surface area (Å²) in [4.78, 5) is 33.6. The number of nitrogens with zero attached hydrogens (tertiary/aromatic N) is 1. The maximum absolute atomic E-state index is 12.5. The first-order valence-electron chi connectivity index (χ1n) is 5.26. The Morgan fingerprint density at radius 3 is 2.50 bits per heavy atom. The minimum Gasteiger partial charge on any atom is -0.478 e. The Balaban J connectivity index is 2.52. The minimum absolute atomic E-state index is 0.0520. The van der Waals surface area contributed by atoms with Crippen LogP contribution in [0.25, 0.3) is 0 Å². The number of halogens is 3. The molecule has 0 saturated carbocycles. The number of carboxylic acids is 1. The maximum atomic E-state index is 12.5. The zero-order chi connectivity index (χ0) is 15.1. The predicted octanol–water partition coefficient (Wildman–Crippen LogP) is 1.23. The molecule has 1 heterocycles. The fourth-order valence-corrected chi connectivity index (χ4v) is 1.75. The van der Waals surface area contributed by atoms with E-state index in [4.69, 9.17) is 5.11 Å². The number of carbonyl (C=O) groups excluding carboxylic acids is 2. The van der Waals surface area contributed by atoms with Crippen LogP contribution in [-0.4, -0.2) is 35.6 Å². The van der Waals surface area contributed by atoms with Crippen LogP contribution in [0.5, 0.6) is 0 Å². The number of nitrogens with one attached hydrogen (secondary N) is 1. The van der Waals surface area contributed by atoms with Crippen LogP contribution in [0.15, 0.2) is 18.2 Å². The van der Waals surface area contributed by atoms with E-state index < -0.39 is 30.5 Å². The van der Waals surface area contributed by atoms with Crippen LogP contribution in [0.3, 0.4) is 0 Å². The van der Waals surface area contributed by atoms with Gasteiger partial charge in [-0.15, -0.1) is 0 Å². The van der Waals surface area contributed by atoms with Gasteiger partial charge in [-0.25, -0.2) is 4.79 Å². The highest BCUT2D eigenvalue weighted by Crippen LogP contribution is 2.33. The molecule has 1 aromatic carbocycles. The topological polar surface area (TPSA) is 86.7 Å². The number of hydrogen-bond donors (Lipinski definition) is 2. The second kappa shape index (κ2) is 4.51. The highest BCUT2D eigenvalue weighted by atomic mass is 19.4. The van der Waals surface area contributed by atoms with Gasteiger partial charge in [0.05, 0.1) is 16.9 Å². The molecular weight excluding hydrogens is 281 g/mol. The summed E-state index contributed by atoms with van der Waals surface area (Å²) in [6.07, 6.45) is -5.16. The van der Waals surface area contributed by atoms with Crippen LogP contribution in [0, 0.1) is 0 Å². The number of fused-ring (bicyclic) bond motifs is 1. The summed E-state index contributed by atoms with van der Waals surface area (Å²) in [7, 11) is 0. The second-order valence-electron chi connectivity index (χ2n) is 3.97. The van der Waals surface area contributed by atoms with Crippen molar-refractivity contribution in [3.63, 3.8) is 0 Å². The van der Waals surface area contributed by atoms with Crippen LogP contribution in [-0.2, 0) is 9.59 Å². The van der Waals surface area contributed by atoms with Crippen LogP contribution in [0.4, 0.5) is 24.5 Å². The van der Waals surface area contributed by atoms with Crippen LogP contribution in [0.1, 0.15) is 10.4 Å². The summed E-state index contributed by atoms with van der Waals surface area (Å²) < 4.78 is 37.4. The number of benzene rings is 1. The molecular formula is C11H7F3N2O4. The normalized spacial score (nSPS) is 14.6. The number of rotatable bonds is 1. The summed E-state index contributed by atoms with van der Waals surface area (Å²) in [5.41, 5.74) is -0.643. The molecule has 0 bridgehead atoms. The lowest BCUT2D eigenvalue weighted by Gasteiger charge is -2.29. The Kier molecular flexibility index (Phi) is 3.12. The number of hydrogen-bond acceptors (Lipinski definition) is 3. The van der Waals surface area contributed by atoms with Crippen molar-refractivity contribution in [1.82, 2.24) is 0 Å². The van der Waals surface area contributed by atoms with Gasteiger partial charge in [-0.05, 0) is 18.2 Å². The standard InChI is InChI=1S/C11H7F3N2O4/c12-11(13,14)10(20)16-4-8(17)15-6-2-1-5(9(18)19)3-7(6)16/h1-3H,4H2,(H,15,17)(H,18,19). The van der Waals surface area contributed by atoms with Gasteiger partial charge in [-0.1, -0.05) is 0 Å². The smallest absolute Gasteiger partial charge is 0.471 e. The summed E-state index contributed by atoms with van der Waals surface area (Å²) >= 11 is 0. The molecule has 0 spiro atoms. The summed E-state index contributed by atoms with van der Waals surface area (Å²) in [6, 6.07) is 3.15. The number of aromatic carboxylic acids is 1. The van der Waals surface area contributed by atoms with E-state index in [1.54, 1.807) is 0 Å². The van der Waals surface area contributed by atoms with Gasteiger partial charge in [0.15, 0.2) is 0 Å². The van der Waals surface area contributed by atoms with Gasteiger partial charge in [0.2, 0.25) is 5.91 Å². The van der Waals surface area contributed by atoms with E-state index in [0.717, 1.165) is 18.2 Å². The Hall–Kier alpha value is -2.58. The molecule has 9 heteroatoms. The lowest BCUT2D eigenvalue weighted by atomic mass is 10.1. The van der Waals surface area contributed by atoms with Gasteiger partial charge in [-0.2, -0.15) is 13.2 Å². The zero-order valence-electron chi connectivity index (χ0n) is 9.69. The molecule has 0 atom stereocenters. The third-order valence-electron chi connectivity index (χ3n) is 2.60. The lowest BCUT2D eigenvalue weighted by Crippen LogP contribution is -2.48. The highest BCUT2D eigenvalue weighted by Gasteiger charge is 2.45. The van der Waals surface area contributed by atoms with E-state index in [1.807, 2.05) is 0 Å². The molecule has 1 aromatic rings. The first-order valence-corrected chi connectivity index (χ1v) is 5.26. The molecule has 1 aliphatic rings. The van der Waals surface area contributed by atoms with Gasteiger partial charge in [0.1, 0.15) is 6.54 Å². The Morgan fingerprint density at radius 2 is 1.95 bits per heavy atom. The molecule has 106 valence electrons.